The third-order valence-corrected chi connectivity index (χ3v) is 2.69. The normalized spacial score (nSPS) is 12.4. The van der Waals surface area contributed by atoms with E-state index in [0.717, 1.165) is 17.0 Å². The van der Waals surface area contributed by atoms with Gasteiger partial charge >= 0.3 is 0 Å². The first kappa shape index (κ1) is 12.6. The lowest BCUT2D eigenvalue weighted by molar-refractivity contribution is 0.533. The van der Waals surface area contributed by atoms with Crippen LogP contribution in [0.25, 0.3) is 0 Å². The Hall–Kier alpha value is -1.85. The van der Waals surface area contributed by atoms with Crippen LogP contribution >= 0.6 is 0 Å². The fraction of sp³-hybridized carbons (Fsp3) is 0.231. The standard InChI is InChI=1S/C13H15FN4/c1-9-7-17-13(8-16-9)12(18-15)6-10-3-2-4-11(14)5-10/h2-5,7-8,12,18H,6,15H2,1H3. The molecular formula is C13H15FN4. The maximum atomic E-state index is 13.1. The van der Waals surface area contributed by atoms with Crippen LogP contribution < -0.4 is 11.3 Å². The molecule has 2 aromatic rings. The Kier molecular flexibility index (Phi) is 3.96. The lowest BCUT2D eigenvalue weighted by Crippen LogP contribution is -2.30. The fourth-order valence-corrected chi connectivity index (χ4v) is 1.73. The van der Waals surface area contributed by atoms with E-state index in [9.17, 15) is 4.39 Å². The van der Waals surface area contributed by atoms with E-state index in [0.29, 0.717) is 6.42 Å². The van der Waals surface area contributed by atoms with Crippen molar-refractivity contribution in [2.24, 2.45) is 5.84 Å². The first-order valence-corrected chi connectivity index (χ1v) is 5.68. The van der Waals surface area contributed by atoms with Gasteiger partial charge in [-0.2, -0.15) is 0 Å². The molecule has 0 saturated carbocycles. The number of hydrazine groups is 1. The molecule has 2 rings (SSSR count). The van der Waals surface area contributed by atoms with Gasteiger partial charge in [0.25, 0.3) is 0 Å². The third-order valence-electron chi connectivity index (χ3n) is 2.69. The van der Waals surface area contributed by atoms with Gasteiger partial charge in [-0.1, -0.05) is 12.1 Å². The summed E-state index contributed by atoms with van der Waals surface area (Å²) in [5.74, 6) is 5.27. The molecule has 0 saturated heterocycles. The minimum absolute atomic E-state index is 0.181. The summed E-state index contributed by atoms with van der Waals surface area (Å²) in [6, 6.07) is 6.26. The largest absolute Gasteiger partial charge is 0.271 e. The van der Waals surface area contributed by atoms with Gasteiger partial charge in [-0.25, -0.2) is 4.39 Å². The van der Waals surface area contributed by atoms with E-state index in [4.69, 9.17) is 5.84 Å². The Morgan fingerprint density at radius 2 is 2.17 bits per heavy atom. The molecule has 3 N–H and O–H groups in total. The van der Waals surface area contributed by atoms with Gasteiger partial charge in [-0.05, 0) is 31.0 Å². The lowest BCUT2D eigenvalue weighted by Gasteiger charge is -2.15. The molecule has 0 aliphatic carbocycles. The van der Waals surface area contributed by atoms with Crippen molar-refractivity contribution in [1.29, 1.82) is 0 Å². The first-order valence-electron chi connectivity index (χ1n) is 5.68. The number of nitrogens with two attached hydrogens (primary N) is 1. The molecule has 0 fully saturated rings. The number of hydrogen-bond acceptors (Lipinski definition) is 4. The average molecular weight is 246 g/mol. The van der Waals surface area contributed by atoms with Gasteiger partial charge in [0.2, 0.25) is 0 Å². The molecule has 0 aliphatic heterocycles. The predicted octanol–water partition coefficient (Wildman–Crippen LogP) is 1.67. The second-order valence-electron chi connectivity index (χ2n) is 4.14. The van der Waals surface area contributed by atoms with Crippen molar-refractivity contribution in [3.63, 3.8) is 0 Å². The van der Waals surface area contributed by atoms with Gasteiger partial charge < -0.3 is 0 Å². The molecule has 0 spiro atoms. The van der Waals surface area contributed by atoms with Crippen molar-refractivity contribution < 1.29 is 4.39 Å². The fourth-order valence-electron chi connectivity index (χ4n) is 1.73. The summed E-state index contributed by atoms with van der Waals surface area (Å²) in [7, 11) is 0. The number of aromatic nitrogens is 2. The summed E-state index contributed by atoms with van der Waals surface area (Å²) in [6.45, 7) is 1.87. The molecule has 1 heterocycles. The summed E-state index contributed by atoms with van der Waals surface area (Å²) < 4.78 is 13.1. The Bertz CT molecular complexity index is 513. The van der Waals surface area contributed by atoms with E-state index in [1.54, 1.807) is 18.5 Å². The molecule has 4 nitrogen and oxygen atoms in total. The topological polar surface area (TPSA) is 63.8 Å². The van der Waals surface area contributed by atoms with E-state index in [2.05, 4.69) is 15.4 Å². The minimum atomic E-state index is -0.252. The molecule has 94 valence electrons. The molecule has 18 heavy (non-hydrogen) atoms. The van der Waals surface area contributed by atoms with Crippen LogP contribution in [0.4, 0.5) is 4.39 Å². The van der Waals surface area contributed by atoms with E-state index in [1.165, 1.54) is 12.1 Å². The summed E-state index contributed by atoms with van der Waals surface area (Å²) in [6.07, 6.45) is 3.93. The zero-order valence-corrected chi connectivity index (χ0v) is 10.1. The van der Waals surface area contributed by atoms with E-state index in [-0.39, 0.29) is 11.9 Å². The van der Waals surface area contributed by atoms with E-state index < -0.39 is 0 Å². The summed E-state index contributed by atoms with van der Waals surface area (Å²) >= 11 is 0. The van der Waals surface area contributed by atoms with Crippen LogP contribution in [-0.2, 0) is 6.42 Å². The van der Waals surface area contributed by atoms with Crippen LogP contribution in [0.3, 0.4) is 0 Å². The molecule has 1 aromatic carbocycles. The molecule has 0 aliphatic rings. The van der Waals surface area contributed by atoms with Crippen LogP contribution in [0.15, 0.2) is 36.7 Å². The first-order chi connectivity index (χ1) is 8.69. The highest BCUT2D eigenvalue weighted by Gasteiger charge is 2.12. The van der Waals surface area contributed by atoms with Gasteiger partial charge in [0.05, 0.1) is 23.6 Å². The number of rotatable bonds is 4. The van der Waals surface area contributed by atoms with E-state index >= 15 is 0 Å². The Morgan fingerprint density at radius 3 is 2.78 bits per heavy atom. The van der Waals surface area contributed by atoms with Crippen molar-refractivity contribution in [2.75, 3.05) is 0 Å². The summed E-state index contributed by atoms with van der Waals surface area (Å²) in [4.78, 5) is 8.44. The molecular weight excluding hydrogens is 231 g/mol. The SMILES string of the molecule is Cc1cnc(C(Cc2cccc(F)c2)NN)cn1. The second kappa shape index (κ2) is 5.66. The number of aryl methyl sites for hydroxylation is 1. The summed E-state index contributed by atoms with van der Waals surface area (Å²) in [5.41, 5.74) is 5.13. The van der Waals surface area contributed by atoms with Gasteiger partial charge in [-0.15, -0.1) is 0 Å². The molecule has 0 bridgehead atoms. The maximum absolute atomic E-state index is 13.1. The van der Waals surface area contributed by atoms with Crippen LogP contribution in [0, 0.1) is 12.7 Å². The van der Waals surface area contributed by atoms with Gasteiger partial charge in [0, 0.05) is 6.20 Å². The number of benzene rings is 1. The number of halogens is 1. The van der Waals surface area contributed by atoms with E-state index in [1.807, 2.05) is 13.0 Å². The second-order valence-corrected chi connectivity index (χ2v) is 4.14. The van der Waals surface area contributed by atoms with Crippen LogP contribution in [0.5, 0.6) is 0 Å². The van der Waals surface area contributed by atoms with Crippen molar-refractivity contribution in [2.45, 2.75) is 19.4 Å². The highest BCUT2D eigenvalue weighted by Crippen LogP contribution is 2.15. The highest BCUT2D eigenvalue weighted by molar-refractivity contribution is 5.19. The third kappa shape index (κ3) is 3.09. The number of hydrogen-bond donors (Lipinski definition) is 2. The molecule has 0 radical (unpaired) electrons. The smallest absolute Gasteiger partial charge is 0.123 e. The molecule has 1 unspecified atom stereocenters. The lowest BCUT2D eigenvalue weighted by atomic mass is 10.0. The Balaban J connectivity index is 2.17. The molecule has 1 atom stereocenters. The zero-order chi connectivity index (χ0) is 13.0. The molecule has 5 heteroatoms. The van der Waals surface area contributed by atoms with Crippen LogP contribution in [-0.4, -0.2) is 9.97 Å². The minimum Gasteiger partial charge on any atom is -0.271 e. The maximum Gasteiger partial charge on any atom is 0.123 e. The highest BCUT2D eigenvalue weighted by atomic mass is 19.1. The van der Waals surface area contributed by atoms with Crippen molar-refractivity contribution >= 4 is 0 Å². The quantitative estimate of drug-likeness (QED) is 0.636. The monoisotopic (exact) mass is 246 g/mol. The number of nitrogens with one attached hydrogen (secondary N) is 1. The predicted molar refractivity (Wildman–Crippen MR) is 66.9 cm³/mol. The van der Waals surface area contributed by atoms with Gasteiger partial charge in [-0.3, -0.25) is 21.2 Å². The van der Waals surface area contributed by atoms with Gasteiger partial charge in [0.15, 0.2) is 0 Å². The van der Waals surface area contributed by atoms with Crippen molar-refractivity contribution in [1.82, 2.24) is 15.4 Å². The van der Waals surface area contributed by atoms with Crippen molar-refractivity contribution in [3.05, 3.63) is 59.4 Å². The Morgan fingerprint density at radius 1 is 1.33 bits per heavy atom. The zero-order valence-electron chi connectivity index (χ0n) is 10.1. The number of nitrogens with zero attached hydrogens (tertiary/aromatic N) is 2. The Labute approximate surface area is 105 Å². The average Bonchev–Trinajstić information content (AvgIpc) is 2.37. The molecule has 0 amide bonds. The summed E-state index contributed by atoms with van der Waals surface area (Å²) in [5, 5.41) is 0. The van der Waals surface area contributed by atoms with Crippen molar-refractivity contribution in [3.8, 4) is 0 Å². The van der Waals surface area contributed by atoms with Crippen LogP contribution in [0.2, 0.25) is 0 Å². The van der Waals surface area contributed by atoms with Crippen LogP contribution in [0.1, 0.15) is 23.0 Å². The van der Waals surface area contributed by atoms with Gasteiger partial charge in [0.1, 0.15) is 5.82 Å². The molecule has 1 aromatic heterocycles.